The average Bonchev–Trinajstić information content (AvgIpc) is 3.18. The first-order valence-corrected chi connectivity index (χ1v) is 18.6. The minimum Gasteiger partial charge on any atom is -0.494 e. The van der Waals surface area contributed by atoms with Gasteiger partial charge < -0.3 is 18.9 Å². The summed E-state index contributed by atoms with van der Waals surface area (Å²) in [6, 6.07) is 28.8. The highest BCUT2D eigenvalue weighted by Crippen LogP contribution is 2.19. The number of carbonyl (C=O) groups is 2. The Kier molecular flexibility index (Phi) is 17.7. The minimum atomic E-state index is -0.396. The zero-order chi connectivity index (χ0) is 36.6. The maximum Gasteiger partial charge on any atom is 0.343 e. The summed E-state index contributed by atoms with van der Waals surface area (Å²) >= 11 is 0. The van der Waals surface area contributed by atoms with Gasteiger partial charge in [-0.25, -0.2) is 9.59 Å². The van der Waals surface area contributed by atoms with E-state index in [1.165, 1.54) is 38.5 Å². The largest absolute Gasteiger partial charge is 0.494 e. The highest BCUT2D eigenvalue weighted by atomic mass is 16.5. The number of esters is 2. The van der Waals surface area contributed by atoms with Crippen molar-refractivity contribution in [3.8, 4) is 23.0 Å². The lowest BCUT2D eigenvalue weighted by atomic mass is 10.1. The van der Waals surface area contributed by atoms with Crippen molar-refractivity contribution in [2.24, 2.45) is 9.98 Å². The number of carbonyl (C=O) groups excluding carboxylic acids is 2. The first kappa shape index (κ1) is 39.5. The van der Waals surface area contributed by atoms with E-state index >= 15 is 0 Å². The second-order valence-electron chi connectivity index (χ2n) is 12.6. The van der Waals surface area contributed by atoms with Crippen molar-refractivity contribution in [2.45, 2.75) is 78.1 Å². The fourth-order valence-electron chi connectivity index (χ4n) is 5.20. The summed E-state index contributed by atoms with van der Waals surface area (Å²) in [5.41, 5.74) is 2.92. The van der Waals surface area contributed by atoms with E-state index in [4.69, 9.17) is 18.9 Å². The van der Waals surface area contributed by atoms with E-state index in [2.05, 4.69) is 23.8 Å². The van der Waals surface area contributed by atoms with Gasteiger partial charge in [-0.1, -0.05) is 52.4 Å². The zero-order valence-electron chi connectivity index (χ0n) is 30.6. The summed E-state index contributed by atoms with van der Waals surface area (Å²) in [5, 5.41) is 0. The summed E-state index contributed by atoms with van der Waals surface area (Å²) in [4.78, 5) is 34.0. The van der Waals surface area contributed by atoms with E-state index in [0.29, 0.717) is 35.8 Å². The number of rotatable bonds is 23. The van der Waals surface area contributed by atoms with Gasteiger partial charge in [0.05, 0.1) is 24.3 Å². The molecule has 0 saturated heterocycles. The van der Waals surface area contributed by atoms with Crippen molar-refractivity contribution in [1.82, 2.24) is 0 Å². The molecule has 0 aliphatic rings. The molecule has 0 atom stereocenters. The summed E-state index contributed by atoms with van der Waals surface area (Å²) in [7, 11) is 0. The van der Waals surface area contributed by atoms with Crippen LogP contribution in [0.25, 0.3) is 0 Å². The third kappa shape index (κ3) is 14.9. The van der Waals surface area contributed by atoms with Crippen molar-refractivity contribution < 1.29 is 28.5 Å². The van der Waals surface area contributed by atoms with Crippen LogP contribution in [0, 0.1) is 0 Å². The lowest BCUT2D eigenvalue weighted by molar-refractivity contribution is 0.0725. The van der Waals surface area contributed by atoms with Crippen molar-refractivity contribution in [2.75, 3.05) is 26.3 Å². The topological polar surface area (TPSA) is 95.8 Å². The van der Waals surface area contributed by atoms with Gasteiger partial charge in [-0.3, -0.25) is 9.98 Å². The van der Waals surface area contributed by atoms with Gasteiger partial charge in [-0.05, 0) is 134 Å². The van der Waals surface area contributed by atoms with Crippen molar-refractivity contribution in [3.63, 3.8) is 0 Å². The molecule has 0 N–H and O–H groups in total. The molecular formula is C44H52N2O6. The van der Waals surface area contributed by atoms with Crippen LogP contribution < -0.4 is 18.9 Å². The Labute approximate surface area is 308 Å². The normalized spacial score (nSPS) is 11.2. The van der Waals surface area contributed by atoms with Gasteiger partial charge in [0.1, 0.15) is 23.0 Å². The summed E-state index contributed by atoms with van der Waals surface area (Å²) in [5.74, 6) is 1.70. The fourth-order valence-corrected chi connectivity index (χ4v) is 5.20. The molecule has 0 aliphatic heterocycles. The van der Waals surface area contributed by atoms with Crippen molar-refractivity contribution >= 4 is 24.4 Å². The van der Waals surface area contributed by atoms with Crippen molar-refractivity contribution in [1.29, 1.82) is 0 Å². The third-order valence-electron chi connectivity index (χ3n) is 8.11. The molecule has 4 aromatic carbocycles. The molecule has 0 fully saturated rings. The predicted octanol–water partition coefficient (Wildman–Crippen LogP) is 10.4. The molecule has 0 heterocycles. The number of hydrogen-bond donors (Lipinski definition) is 0. The van der Waals surface area contributed by atoms with Gasteiger partial charge in [0.15, 0.2) is 0 Å². The number of benzene rings is 4. The Hall–Kier alpha value is -5.24. The van der Waals surface area contributed by atoms with Crippen LogP contribution in [0.2, 0.25) is 0 Å². The quantitative estimate of drug-likeness (QED) is 0.0330. The number of unbranched alkanes of at least 4 members (excludes halogenated alkanes) is 7. The van der Waals surface area contributed by atoms with Crippen LogP contribution in [0.1, 0.15) is 110 Å². The Bertz CT molecular complexity index is 1540. The minimum absolute atomic E-state index is 0.396. The van der Waals surface area contributed by atoms with E-state index in [1.807, 2.05) is 36.7 Å². The summed E-state index contributed by atoms with van der Waals surface area (Å²) < 4.78 is 22.1. The summed E-state index contributed by atoms with van der Waals surface area (Å²) in [6.45, 7) is 7.02. The van der Waals surface area contributed by atoms with Crippen molar-refractivity contribution in [3.05, 3.63) is 119 Å². The molecule has 0 saturated carbocycles. The smallest absolute Gasteiger partial charge is 0.343 e. The maximum atomic E-state index is 12.4. The van der Waals surface area contributed by atoms with Crippen LogP contribution in [0.3, 0.4) is 0 Å². The van der Waals surface area contributed by atoms with E-state index in [0.717, 1.165) is 61.4 Å². The van der Waals surface area contributed by atoms with Crippen LogP contribution in [0.15, 0.2) is 107 Å². The second-order valence-corrected chi connectivity index (χ2v) is 12.6. The molecule has 0 aromatic heterocycles. The van der Waals surface area contributed by atoms with Gasteiger partial charge in [0.2, 0.25) is 0 Å². The first-order chi connectivity index (χ1) is 25.5. The number of hydrogen-bond acceptors (Lipinski definition) is 8. The average molecular weight is 705 g/mol. The van der Waals surface area contributed by atoms with Crippen LogP contribution >= 0.6 is 0 Å². The standard InChI is InChI=1S/C44H52N2O6/c1-3-31-49-39-25-17-37(18-26-39)43(47)51-41-21-13-35(14-22-41)33-45-29-11-9-7-5-6-8-10-12-30-46-34-36-15-23-42(24-16-36)52-44(48)38-19-27-40(28-20-38)50-32-4-2/h13-28,33-34H,3-12,29-32H2,1-2H3. The molecule has 0 radical (unpaired) electrons. The van der Waals surface area contributed by atoms with Gasteiger partial charge in [-0.15, -0.1) is 0 Å². The molecule has 274 valence electrons. The molecule has 4 aromatic rings. The highest BCUT2D eigenvalue weighted by Gasteiger charge is 2.10. The molecule has 0 unspecified atom stereocenters. The molecular weight excluding hydrogens is 652 g/mol. The molecule has 0 amide bonds. The fraction of sp³-hybridized carbons (Fsp3) is 0.364. The molecule has 8 heteroatoms. The maximum absolute atomic E-state index is 12.4. The van der Waals surface area contributed by atoms with E-state index in [1.54, 1.807) is 72.8 Å². The summed E-state index contributed by atoms with van der Waals surface area (Å²) in [6.07, 6.45) is 15.1. The molecule has 0 bridgehead atoms. The van der Waals surface area contributed by atoms with Crippen LogP contribution in [0.5, 0.6) is 23.0 Å². The van der Waals surface area contributed by atoms with E-state index in [9.17, 15) is 9.59 Å². The third-order valence-corrected chi connectivity index (χ3v) is 8.11. The Morgan fingerprint density at radius 1 is 0.462 bits per heavy atom. The molecule has 8 nitrogen and oxygen atoms in total. The Balaban J connectivity index is 0.984. The molecule has 0 spiro atoms. The molecule has 4 rings (SSSR count). The van der Waals surface area contributed by atoms with Crippen LogP contribution in [-0.4, -0.2) is 50.7 Å². The Morgan fingerprint density at radius 2 is 0.788 bits per heavy atom. The van der Waals surface area contributed by atoms with Crippen LogP contribution in [0.4, 0.5) is 0 Å². The second kappa shape index (κ2) is 23.3. The monoisotopic (exact) mass is 704 g/mol. The highest BCUT2D eigenvalue weighted by molar-refractivity contribution is 5.92. The number of nitrogens with zero attached hydrogens (tertiary/aromatic N) is 2. The van der Waals surface area contributed by atoms with Crippen LogP contribution in [-0.2, 0) is 0 Å². The molecule has 0 aliphatic carbocycles. The zero-order valence-corrected chi connectivity index (χ0v) is 30.6. The van der Waals surface area contributed by atoms with Gasteiger partial charge >= 0.3 is 11.9 Å². The SMILES string of the molecule is CCCOc1ccc(C(=O)Oc2ccc(C=NCCCCCCCCCCN=Cc3ccc(OC(=O)c4ccc(OCCC)cc4)cc3)cc2)cc1. The van der Waals surface area contributed by atoms with Gasteiger partial charge in [0.25, 0.3) is 0 Å². The van der Waals surface area contributed by atoms with Gasteiger partial charge in [0, 0.05) is 25.5 Å². The van der Waals surface area contributed by atoms with Gasteiger partial charge in [-0.2, -0.15) is 0 Å². The number of ether oxygens (including phenoxy) is 4. The lowest BCUT2D eigenvalue weighted by Gasteiger charge is -2.07. The number of aliphatic imine (C=N–C) groups is 2. The Morgan fingerprint density at radius 3 is 1.13 bits per heavy atom. The van der Waals surface area contributed by atoms with E-state index in [-0.39, 0.29) is 0 Å². The first-order valence-electron chi connectivity index (χ1n) is 18.6. The lowest BCUT2D eigenvalue weighted by Crippen LogP contribution is -2.08. The molecule has 52 heavy (non-hydrogen) atoms. The van der Waals surface area contributed by atoms with E-state index < -0.39 is 11.9 Å². The predicted molar refractivity (Wildman–Crippen MR) is 209 cm³/mol.